The summed E-state index contributed by atoms with van der Waals surface area (Å²) in [5, 5.41) is 8.66. The van der Waals surface area contributed by atoms with Gasteiger partial charge < -0.3 is 5.11 Å². The van der Waals surface area contributed by atoms with Gasteiger partial charge in [0.25, 0.3) is 0 Å². The zero-order valence-corrected chi connectivity index (χ0v) is 7.35. The monoisotopic (exact) mass is 174 g/mol. The average molecular weight is 174 g/mol. The Hall–Kier alpha value is -0.600. The first kappa shape index (κ1) is 9.49. The van der Waals surface area contributed by atoms with Crippen molar-refractivity contribution in [2.75, 3.05) is 0 Å². The second-order valence-electron chi connectivity index (χ2n) is 3.66. The van der Waals surface area contributed by atoms with E-state index in [1.54, 1.807) is 0 Å². The highest BCUT2D eigenvalue weighted by Gasteiger charge is 2.41. The molecule has 1 N–H and O–H groups in total. The predicted molar refractivity (Wildman–Crippen MR) is 43.7 cm³/mol. The Morgan fingerprint density at radius 1 is 1.42 bits per heavy atom. The van der Waals surface area contributed by atoms with Gasteiger partial charge in [0.15, 0.2) is 0 Å². The summed E-state index contributed by atoms with van der Waals surface area (Å²) >= 11 is 0. The van der Waals surface area contributed by atoms with Gasteiger partial charge in [-0.3, -0.25) is 4.79 Å². The van der Waals surface area contributed by atoms with Crippen molar-refractivity contribution < 1.29 is 14.3 Å². The Morgan fingerprint density at radius 2 is 1.92 bits per heavy atom. The molecule has 0 bridgehead atoms. The van der Waals surface area contributed by atoms with Gasteiger partial charge in [-0.1, -0.05) is 19.3 Å². The van der Waals surface area contributed by atoms with Crippen LogP contribution >= 0.6 is 0 Å². The Balaban J connectivity index is 2.62. The van der Waals surface area contributed by atoms with Crippen LogP contribution in [0.3, 0.4) is 0 Å². The summed E-state index contributed by atoms with van der Waals surface area (Å²) in [6.07, 6.45) is 3.53. The van der Waals surface area contributed by atoms with Gasteiger partial charge in [0, 0.05) is 0 Å². The second kappa shape index (κ2) is 3.42. The number of halogens is 1. The lowest BCUT2D eigenvalue weighted by atomic mass is 9.78. The van der Waals surface area contributed by atoms with Crippen molar-refractivity contribution in [3.05, 3.63) is 0 Å². The minimum absolute atomic E-state index is 0.417. The molecular formula is C9H15FO2. The lowest BCUT2D eigenvalue weighted by Crippen LogP contribution is -2.38. The summed E-state index contributed by atoms with van der Waals surface area (Å²) in [7, 11) is 0. The molecule has 0 amide bonds. The predicted octanol–water partition coefficient (Wildman–Crippen LogP) is 2.38. The molecule has 1 rings (SSSR count). The van der Waals surface area contributed by atoms with Crippen LogP contribution in [0, 0.1) is 5.92 Å². The number of hydrogen-bond donors (Lipinski definition) is 1. The third kappa shape index (κ3) is 1.76. The zero-order chi connectivity index (χ0) is 9.19. The van der Waals surface area contributed by atoms with Crippen molar-refractivity contribution in [1.29, 1.82) is 0 Å². The number of carboxylic acids is 1. The van der Waals surface area contributed by atoms with E-state index in [-0.39, 0.29) is 0 Å². The highest BCUT2D eigenvalue weighted by atomic mass is 19.1. The van der Waals surface area contributed by atoms with Crippen LogP contribution in [-0.2, 0) is 4.79 Å². The molecule has 1 unspecified atom stereocenters. The van der Waals surface area contributed by atoms with E-state index in [0.29, 0.717) is 12.8 Å². The molecule has 0 aromatic rings. The molecule has 0 radical (unpaired) electrons. The molecule has 0 saturated heterocycles. The van der Waals surface area contributed by atoms with E-state index < -0.39 is 17.6 Å². The fourth-order valence-electron chi connectivity index (χ4n) is 1.79. The first-order valence-corrected chi connectivity index (χ1v) is 4.48. The Bertz CT molecular complexity index is 173. The van der Waals surface area contributed by atoms with Crippen molar-refractivity contribution in [2.45, 2.75) is 44.7 Å². The van der Waals surface area contributed by atoms with Crippen LogP contribution in [0.2, 0.25) is 0 Å². The van der Waals surface area contributed by atoms with E-state index in [9.17, 15) is 9.18 Å². The zero-order valence-electron chi connectivity index (χ0n) is 7.35. The summed E-state index contributed by atoms with van der Waals surface area (Å²) in [5.74, 6) is -1.86. The number of carboxylic acid groups (broad SMARTS) is 1. The van der Waals surface area contributed by atoms with Crippen LogP contribution in [0.1, 0.15) is 39.0 Å². The molecule has 1 aliphatic carbocycles. The molecule has 0 spiro atoms. The van der Waals surface area contributed by atoms with Crippen LogP contribution in [0.4, 0.5) is 4.39 Å². The molecule has 0 aliphatic heterocycles. The number of hydrogen-bond acceptors (Lipinski definition) is 1. The minimum Gasteiger partial charge on any atom is -0.481 e. The SMILES string of the molecule is CC(C(=O)O)C1(F)CCCCC1. The van der Waals surface area contributed by atoms with Crippen LogP contribution in [0.5, 0.6) is 0 Å². The van der Waals surface area contributed by atoms with Gasteiger partial charge in [-0.05, 0) is 19.8 Å². The number of aliphatic carboxylic acids is 1. The molecule has 3 heteroatoms. The van der Waals surface area contributed by atoms with Crippen LogP contribution < -0.4 is 0 Å². The molecule has 0 aromatic heterocycles. The van der Waals surface area contributed by atoms with Gasteiger partial charge in [-0.15, -0.1) is 0 Å². The number of rotatable bonds is 2. The lowest BCUT2D eigenvalue weighted by Gasteiger charge is -2.32. The molecule has 1 aliphatic rings. The van der Waals surface area contributed by atoms with Gasteiger partial charge in [-0.2, -0.15) is 0 Å². The summed E-state index contributed by atoms with van der Waals surface area (Å²) in [6, 6.07) is 0. The normalized spacial score (nSPS) is 24.8. The van der Waals surface area contributed by atoms with Gasteiger partial charge in [-0.25, -0.2) is 4.39 Å². The van der Waals surface area contributed by atoms with Crippen molar-refractivity contribution in [3.8, 4) is 0 Å². The highest BCUT2D eigenvalue weighted by Crippen LogP contribution is 2.37. The van der Waals surface area contributed by atoms with E-state index in [4.69, 9.17) is 5.11 Å². The Kier molecular flexibility index (Phi) is 2.70. The molecule has 1 fully saturated rings. The van der Waals surface area contributed by atoms with Crippen molar-refractivity contribution in [2.24, 2.45) is 5.92 Å². The minimum atomic E-state index is -1.44. The first-order valence-electron chi connectivity index (χ1n) is 4.48. The van der Waals surface area contributed by atoms with E-state index in [1.165, 1.54) is 6.92 Å². The second-order valence-corrected chi connectivity index (χ2v) is 3.66. The molecule has 0 heterocycles. The van der Waals surface area contributed by atoms with E-state index in [1.807, 2.05) is 0 Å². The lowest BCUT2D eigenvalue weighted by molar-refractivity contribution is -0.147. The van der Waals surface area contributed by atoms with Crippen molar-refractivity contribution in [1.82, 2.24) is 0 Å². The Morgan fingerprint density at radius 3 is 2.33 bits per heavy atom. The van der Waals surface area contributed by atoms with Crippen LogP contribution in [0.15, 0.2) is 0 Å². The van der Waals surface area contributed by atoms with Crippen molar-refractivity contribution >= 4 is 5.97 Å². The fourth-order valence-corrected chi connectivity index (χ4v) is 1.79. The third-order valence-corrected chi connectivity index (χ3v) is 2.83. The number of alkyl halides is 1. The Labute approximate surface area is 71.8 Å². The average Bonchev–Trinajstić information content (AvgIpc) is 2.04. The van der Waals surface area contributed by atoms with Gasteiger partial charge in [0.1, 0.15) is 5.67 Å². The molecule has 1 saturated carbocycles. The maximum Gasteiger partial charge on any atom is 0.309 e. The van der Waals surface area contributed by atoms with Crippen molar-refractivity contribution in [3.63, 3.8) is 0 Å². The van der Waals surface area contributed by atoms with Crippen LogP contribution in [0.25, 0.3) is 0 Å². The van der Waals surface area contributed by atoms with E-state index in [2.05, 4.69) is 0 Å². The summed E-state index contributed by atoms with van der Waals surface area (Å²) in [6.45, 7) is 1.47. The molecule has 70 valence electrons. The largest absolute Gasteiger partial charge is 0.481 e. The maximum atomic E-state index is 13.8. The summed E-state index contributed by atoms with van der Waals surface area (Å²) in [5.41, 5.74) is -1.44. The highest BCUT2D eigenvalue weighted by molar-refractivity contribution is 5.71. The molecule has 1 atom stereocenters. The smallest absolute Gasteiger partial charge is 0.309 e. The topological polar surface area (TPSA) is 37.3 Å². The molecular weight excluding hydrogens is 159 g/mol. The summed E-state index contributed by atoms with van der Waals surface area (Å²) in [4.78, 5) is 10.6. The van der Waals surface area contributed by atoms with E-state index >= 15 is 0 Å². The summed E-state index contributed by atoms with van der Waals surface area (Å²) < 4.78 is 13.8. The molecule has 2 nitrogen and oxygen atoms in total. The number of carbonyl (C=O) groups is 1. The van der Waals surface area contributed by atoms with Gasteiger partial charge >= 0.3 is 5.97 Å². The fraction of sp³-hybridized carbons (Fsp3) is 0.889. The maximum absolute atomic E-state index is 13.8. The van der Waals surface area contributed by atoms with E-state index in [0.717, 1.165) is 19.3 Å². The van der Waals surface area contributed by atoms with Gasteiger partial charge in [0.2, 0.25) is 0 Å². The standard InChI is InChI=1S/C9H15FO2/c1-7(8(11)12)9(10)5-3-2-4-6-9/h7H,2-6H2,1H3,(H,11,12). The quantitative estimate of drug-likeness (QED) is 0.697. The molecule has 12 heavy (non-hydrogen) atoms. The molecule has 0 aromatic carbocycles. The first-order chi connectivity index (χ1) is 5.56. The van der Waals surface area contributed by atoms with Gasteiger partial charge in [0.05, 0.1) is 5.92 Å². The third-order valence-electron chi connectivity index (χ3n) is 2.83. The van der Waals surface area contributed by atoms with Crippen LogP contribution in [-0.4, -0.2) is 16.7 Å².